The molecule has 0 aliphatic rings. The molecule has 0 radical (unpaired) electrons. The number of hydrogen-bond acceptors (Lipinski definition) is 2. The first-order valence-electron chi connectivity index (χ1n) is 7.09. The zero-order valence-corrected chi connectivity index (χ0v) is 12.8. The summed E-state index contributed by atoms with van der Waals surface area (Å²) in [5.74, 6) is 0. The van der Waals surface area contributed by atoms with Gasteiger partial charge >= 0.3 is 0 Å². The summed E-state index contributed by atoms with van der Waals surface area (Å²) in [5, 5.41) is 4.44. The van der Waals surface area contributed by atoms with E-state index in [9.17, 15) is 0 Å². The van der Waals surface area contributed by atoms with Crippen molar-refractivity contribution in [2.75, 3.05) is 6.54 Å². The standard InChI is InChI=1S/C17H21ClN2/c1-3-8-20-17(12-14-6-9-19-10-7-14)15-4-5-16(18)13(2)11-15/h4-7,9-11,17,20H,3,8,12H2,1-2H3. The number of nitrogens with one attached hydrogen (secondary N) is 1. The monoisotopic (exact) mass is 288 g/mol. The number of rotatable bonds is 6. The first kappa shape index (κ1) is 15.0. The summed E-state index contributed by atoms with van der Waals surface area (Å²) >= 11 is 6.12. The van der Waals surface area contributed by atoms with Gasteiger partial charge in [-0.25, -0.2) is 0 Å². The van der Waals surface area contributed by atoms with Crippen LogP contribution in [0.2, 0.25) is 5.02 Å². The second kappa shape index (κ2) is 7.41. The summed E-state index contributed by atoms with van der Waals surface area (Å²) < 4.78 is 0. The van der Waals surface area contributed by atoms with E-state index in [2.05, 4.69) is 48.4 Å². The highest BCUT2D eigenvalue weighted by Gasteiger charge is 2.12. The van der Waals surface area contributed by atoms with Crippen LogP contribution < -0.4 is 5.32 Å². The smallest absolute Gasteiger partial charge is 0.0435 e. The van der Waals surface area contributed by atoms with Gasteiger partial charge in [0.15, 0.2) is 0 Å². The average Bonchev–Trinajstić information content (AvgIpc) is 2.47. The van der Waals surface area contributed by atoms with Crippen molar-refractivity contribution in [1.82, 2.24) is 10.3 Å². The van der Waals surface area contributed by atoms with Crippen LogP contribution in [0.5, 0.6) is 0 Å². The van der Waals surface area contributed by atoms with Gasteiger partial charge in [-0.2, -0.15) is 0 Å². The highest BCUT2D eigenvalue weighted by Crippen LogP contribution is 2.23. The minimum Gasteiger partial charge on any atom is -0.310 e. The molecule has 3 heteroatoms. The van der Waals surface area contributed by atoms with Gasteiger partial charge in [0.25, 0.3) is 0 Å². The molecular weight excluding hydrogens is 268 g/mol. The van der Waals surface area contributed by atoms with Crippen molar-refractivity contribution in [1.29, 1.82) is 0 Å². The minimum atomic E-state index is 0.313. The molecule has 0 amide bonds. The Morgan fingerprint density at radius 2 is 1.95 bits per heavy atom. The first-order valence-corrected chi connectivity index (χ1v) is 7.47. The maximum Gasteiger partial charge on any atom is 0.0435 e. The minimum absolute atomic E-state index is 0.313. The molecule has 2 rings (SSSR count). The third-order valence-corrected chi connectivity index (χ3v) is 3.84. The summed E-state index contributed by atoms with van der Waals surface area (Å²) in [7, 11) is 0. The van der Waals surface area contributed by atoms with Crippen molar-refractivity contribution in [3.05, 3.63) is 64.4 Å². The third kappa shape index (κ3) is 4.06. The molecule has 2 aromatic rings. The highest BCUT2D eigenvalue weighted by molar-refractivity contribution is 6.31. The van der Waals surface area contributed by atoms with Crippen molar-refractivity contribution >= 4 is 11.6 Å². The van der Waals surface area contributed by atoms with E-state index < -0.39 is 0 Å². The van der Waals surface area contributed by atoms with Gasteiger partial charge < -0.3 is 5.32 Å². The van der Waals surface area contributed by atoms with Gasteiger partial charge in [-0.05, 0) is 61.2 Å². The maximum absolute atomic E-state index is 6.12. The Morgan fingerprint density at radius 1 is 1.20 bits per heavy atom. The molecule has 0 spiro atoms. The van der Waals surface area contributed by atoms with Crippen molar-refractivity contribution in [2.45, 2.75) is 32.7 Å². The summed E-state index contributed by atoms with van der Waals surface area (Å²) in [4.78, 5) is 4.08. The van der Waals surface area contributed by atoms with Crippen LogP contribution in [0.25, 0.3) is 0 Å². The van der Waals surface area contributed by atoms with E-state index in [0.717, 1.165) is 30.0 Å². The van der Waals surface area contributed by atoms with Crippen LogP contribution in [0.3, 0.4) is 0 Å². The van der Waals surface area contributed by atoms with E-state index >= 15 is 0 Å². The average molecular weight is 289 g/mol. The molecule has 1 atom stereocenters. The van der Waals surface area contributed by atoms with Gasteiger partial charge in [-0.15, -0.1) is 0 Å². The fourth-order valence-corrected chi connectivity index (χ4v) is 2.38. The molecule has 0 saturated carbocycles. The summed E-state index contributed by atoms with van der Waals surface area (Å²) in [6.45, 7) is 5.25. The summed E-state index contributed by atoms with van der Waals surface area (Å²) in [6, 6.07) is 10.7. The van der Waals surface area contributed by atoms with Gasteiger partial charge in [-0.3, -0.25) is 4.98 Å². The predicted octanol–water partition coefficient (Wildman–Crippen LogP) is 4.33. The Bertz CT molecular complexity index is 540. The van der Waals surface area contributed by atoms with Gasteiger partial charge in [0, 0.05) is 23.5 Å². The molecule has 1 N–H and O–H groups in total. The molecule has 0 fully saturated rings. The Labute approximate surface area is 126 Å². The zero-order valence-electron chi connectivity index (χ0n) is 12.1. The molecule has 0 bridgehead atoms. The lowest BCUT2D eigenvalue weighted by molar-refractivity contribution is 0.529. The first-order chi connectivity index (χ1) is 9.70. The van der Waals surface area contributed by atoms with E-state index in [0.29, 0.717) is 6.04 Å². The van der Waals surface area contributed by atoms with Crippen LogP contribution in [0.1, 0.15) is 36.1 Å². The molecule has 20 heavy (non-hydrogen) atoms. The van der Waals surface area contributed by atoms with E-state index in [1.54, 1.807) is 0 Å². The van der Waals surface area contributed by atoms with Crippen molar-refractivity contribution in [3.8, 4) is 0 Å². The second-order valence-corrected chi connectivity index (χ2v) is 5.48. The van der Waals surface area contributed by atoms with Crippen LogP contribution in [-0.2, 0) is 6.42 Å². The van der Waals surface area contributed by atoms with E-state index in [4.69, 9.17) is 11.6 Å². The summed E-state index contributed by atoms with van der Waals surface area (Å²) in [6.07, 6.45) is 5.78. The maximum atomic E-state index is 6.12. The lowest BCUT2D eigenvalue weighted by Crippen LogP contribution is -2.24. The molecule has 1 aromatic carbocycles. The largest absolute Gasteiger partial charge is 0.310 e. The van der Waals surface area contributed by atoms with Crippen LogP contribution >= 0.6 is 11.6 Å². The molecule has 0 aliphatic heterocycles. The van der Waals surface area contributed by atoms with Crippen molar-refractivity contribution in [2.24, 2.45) is 0 Å². The number of aromatic nitrogens is 1. The molecule has 1 unspecified atom stereocenters. The molecule has 1 heterocycles. The van der Waals surface area contributed by atoms with Crippen molar-refractivity contribution < 1.29 is 0 Å². The molecule has 2 nitrogen and oxygen atoms in total. The topological polar surface area (TPSA) is 24.9 Å². The van der Waals surface area contributed by atoms with Crippen LogP contribution in [0.15, 0.2) is 42.7 Å². The van der Waals surface area contributed by atoms with E-state index in [1.807, 2.05) is 18.5 Å². The second-order valence-electron chi connectivity index (χ2n) is 5.07. The molecule has 0 aliphatic carbocycles. The fourth-order valence-electron chi connectivity index (χ4n) is 2.27. The Kier molecular flexibility index (Phi) is 5.57. The fraction of sp³-hybridized carbons (Fsp3) is 0.353. The number of pyridine rings is 1. The van der Waals surface area contributed by atoms with Crippen LogP contribution in [-0.4, -0.2) is 11.5 Å². The van der Waals surface area contributed by atoms with Gasteiger partial charge in [-0.1, -0.05) is 30.7 Å². The Morgan fingerprint density at radius 3 is 2.60 bits per heavy atom. The number of aryl methyl sites for hydroxylation is 1. The normalized spacial score (nSPS) is 12.3. The zero-order chi connectivity index (χ0) is 14.4. The van der Waals surface area contributed by atoms with E-state index in [-0.39, 0.29) is 0 Å². The van der Waals surface area contributed by atoms with Gasteiger partial charge in [0.1, 0.15) is 0 Å². The Balaban J connectivity index is 2.20. The quantitative estimate of drug-likeness (QED) is 0.856. The van der Waals surface area contributed by atoms with Gasteiger partial charge in [0.2, 0.25) is 0 Å². The predicted molar refractivity (Wildman–Crippen MR) is 85.2 cm³/mol. The van der Waals surface area contributed by atoms with Crippen molar-refractivity contribution in [3.63, 3.8) is 0 Å². The van der Waals surface area contributed by atoms with Crippen LogP contribution in [0.4, 0.5) is 0 Å². The highest BCUT2D eigenvalue weighted by atomic mass is 35.5. The number of hydrogen-bond donors (Lipinski definition) is 1. The molecule has 0 saturated heterocycles. The molecular formula is C17H21ClN2. The lowest BCUT2D eigenvalue weighted by Gasteiger charge is -2.20. The van der Waals surface area contributed by atoms with E-state index in [1.165, 1.54) is 11.1 Å². The third-order valence-electron chi connectivity index (χ3n) is 3.41. The van der Waals surface area contributed by atoms with Crippen LogP contribution in [0, 0.1) is 6.92 Å². The van der Waals surface area contributed by atoms with Gasteiger partial charge in [0.05, 0.1) is 0 Å². The number of halogens is 1. The lowest BCUT2D eigenvalue weighted by atomic mass is 9.98. The summed E-state index contributed by atoms with van der Waals surface area (Å²) in [5.41, 5.74) is 3.71. The Hall–Kier alpha value is -1.38. The molecule has 1 aromatic heterocycles. The number of benzene rings is 1. The molecule has 106 valence electrons. The SMILES string of the molecule is CCCNC(Cc1ccncc1)c1ccc(Cl)c(C)c1. The number of nitrogens with zero attached hydrogens (tertiary/aromatic N) is 1.